The third-order valence-electron chi connectivity index (χ3n) is 8.65. The van der Waals surface area contributed by atoms with Crippen molar-refractivity contribution in [3.8, 4) is 11.5 Å². The van der Waals surface area contributed by atoms with Crippen molar-refractivity contribution in [2.45, 2.75) is 44.8 Å². The summed E-state index contributed by atoms with van der Waals surface area (Å²) in [6, 6.07) is 11.8. The van der Waals surface area contributed by atoms with E-state index in [1.165, 1.54) is 49.5 Å². The SMILES string of the molecule is CNc1c(O)ccc(C(O)CNCCN(C)C(=O)CCOCCc2cccc(CN3CC4CCCC4C3)c2)c1OCC=O. The van der Waals surface area contributed by atoms with Crippen LogP contribution in [-0.4, -0.2) is 98.8 Å². The van der Waals surface area contributed by atoms with E-state index in [9.17, 15) is 19.8 Å². The zero-order valence-electron chi connectivity index (χ0n) is 25.6. The lowest BCUT2D eigenvalue weighted by molar-refractivity contribution is -0.131. The van der Waals surface area contributed by atoms with Crippen molar-refractivity contribution in [2.24, 2.45) is 11.8 Å². The predicted octanol–water partition coefficient (Wildman–Crippen LogP) is 2.97. The van der Waals surface area contributed by atoms with E-state index in [0.29, 0.717) is 50.3 Å². The largest absolute Gasteiger partial charge is 0.506 e. The quantitative estimate of drug-likeness (QED) is 0.117. The molecule has 2 aliphatic rings. The standard InChI is InChI=1S/C33H48N4O6/c1-34-32-29(39)10-9-28(33(32)43-18-15-38)30(40)20-35-13-14-36(2)31(41)12-17-42-16-11-24-5-3-6-25(19-24)21-37-22-26-7-4-8-27(26)23-37/h3,5-6,9-10,15,19,26-27,30,34-35,39-40H,4,7-8,11-14,16-18,20-23H2,1-2H3. The summed E-state index contributed by atoms with van der Waals surface area (Å²) in [6.07, 6.45) is 5.02. The molecule has 1 saturated heterocycles. The van der Waals surface area contributed by atoms with Gasteiger partial charge in [-0.25, -0.2) is 0 Å². The number of amides is 1. The van der Waals surface area contributed by atoms with Crippen LogP contribution in [0.15, 0.2) is 36.4 Å². The van der Waals surface area contributed by atoms with E-state index in [0.717, 1.165) is 24.8 Å². The van der Waals surface area contributed by atoms with Gasteiger partial charge in [-0.2, -0.15) is 0 Å². The van der Waals surface area contributed by atoms with E-state index in [-0.39, 0.29) is 30.6 Å². The molecule has 1 heterocycles. The number of likely N-dealkylation sites (tertiary alicyclic amines) is 1. The highest BCUT2D eigenvalue weighted by Gasteiger charge is 2.35. The summed E-state index contributed by atoms with van der Waals surface area (Å²) in [4.78, 5) is 27.6. The third-order valence-corrected chi connectivity index (χ3v) is 8.65. The Morgan fingerprint density at radius 2 is 1.93 bits per heavy atom. The predicted molar refractivity (Wildman–Crippen MR) is 166 cm³/mol. The molecule has 2 aromatic carbocycles. The van der Waals surface area contributed by atoms with Crippen molar-refractivity contribution in [2.75, 3.05) is 72.0 Å². The Balaban J connectivity index is 1.10. The van der Waals surface area contributed by atoms with Crippen molar-refractivity contribution in [3.63, 3.8) is 0 Å². The fraction of sp³-hybridized carbons (Fsp3) is 0.576. The van der Waals surface area contributed by atoms with Crippen LogP contribution < -0.4 is 15.4 Å². The van der Waals surface area contributed by atoms with Gasteiger partial charge in [-0.15, -0.1) is 0 Å². The molecule has 4 N–H and O–H groups in total. The molecule has 43 heavy (non-hydrogen) atoms. The molecule has 0 spiro atoms. The first kappa shape index (κ1) is 32.7. The third kappa shape index (κ3) is 9.40. The van der Waals surface area contributed by atoms with Gasteiger partial charge in [-0.05, 0) is 54.4 Å². The molecule has 3 atom stereocenters. The summed E-state index contributed by atoms with van der Waals surface area (Å²) in [7, 11) is 3.37. The zero-order chi connectivity index (χ0) is 30.6. The Morgan fingerprint density at radius 1 is 1.16 bits per heavy atom. The van der Waals surface area contributed by atoms with Gasteiger partial charge in [0.2, 0.25) is 5.91 Å². The first-order valence-electron chi connectivity index (χ1n) is 15.5. The Hall–Kier alpha value is -3.18. The Labute approximate surface area is 255 Å². The van der Waals surface area contributed by atoms with E-state index in [4.69, 9.17) is 9.47 Å². The second-order valence-electron chi connectivity index (χ2n) is 11.7. The molecule has 1 saturated carbocycles. The average molecular weight is 597 g/mol. The number of carbonyl (C=O) groups excluding carboxylic acids is 2. The number of aliphatic hydroxyl groups excluding tert-OH is 1. The minimum absolute atomic E-state index is 0.00136. The van der Waals surface area contributed by atoms with Gasteiger partial charge in [0.05, 0.1) is 25.7 Å². The van der Waals surface area contributed by atoms with E-state index in [2.05, 4.69) is 39.8 Å². The molecule has 1 aliphatic carbocycles. The number of aromatic hydroxyl groups is 1. The lowest BCUT2D eigenvalue weighted by Gasteiger charge is -2.21. The number of nitrogens with zero attached hydrogens (tertiary/aromatic N) is 2. The lowest BCUT2D eigenvalue weighted by Crippen LogP contribution is -2.35. The number of phenolic OH excluding ortho intramolecular Hbond substituents is 1. The molecular formula is C33H48N4O6. The van der Waals surface area contributed by atoms with Crippen LogP contribution >= 0.6 is 0 Å². The molecule has 2 fully saturated rings. The second kappa shape index (κ2) is 16.6. The number of fused-ring (bicyclic) bond motifs is 1. The number of anilines is 1. The maximum atomic E-state index is 12.5. The molecule has 3 unspecified atom stereocenters. The number of aliphatic hydroxyl groups is 1. The summed E-state index contributed by atoms with van der Waals surface area (Å²) in [5, 5.41) is 26.8. The second-order valence-corrected chi connectivity index (χ2v) is 11.7. The Kier molecular flexibility index (Phi) is 12.6. The zero-order valence-corrected chi connectivity index (χ0v) is 25.6. The van der Waals surface area contributed by atoms with Crippen molar-refractivity contribution in [1.29, 1.82) is 0 Å². The number of nitrogens with one attached hydrogen (secondary N) is 2. The number of hydrogen-bond acceptors (Lipinski definition) is 9. The molecule has 236 valence electrons. The first-order chi connectivity index (χ1) is 20.9. The maximum absolute atomic E-state index is 12.5. The van der Waals surface area contributed by atoms with Crippen LogP contribution in [0.25, 0.3) is 0 Å². The normalized spacial score (nSPS) is 18.8. The Morgan fingerprint density at radius 3 is 2.67 bits per heavy atom. The molecule has 2 aromatic rings. The van der Waals surface area contributed by atoms with Crippen LogP contribution in [0, 0.1) is 11.8 Å². The first-order valence-corrected chi connectivity index (χ1v) is 15.5. The van der Waals surface area contributed by atoms with E-state index < -0.39 is 6.10 Å². The minimum atomic E-state index is -0.940. The van der Waals surface area contributed by atoms with Gasteiger partial charge < -0.3 is 35.2 Å². The molecule has 0 radical (unpaired) electrons. The van der Waals surface area contributed by atoms with Gasteiger partial charge in [0.1, 0.15) is 18.0 Å². The fourth-order valence-corrected chi connectivity index (χ4v) is 6.33. The van der Waals surface area contributed by atoms with Crippen molar-refractivity contribution >= 4 is 17.9 Å². The van der Waals surface area contributed by atoms with Gasteiger partial charge in [0.25, 0.3) is 0 Å². The highest BCUT2D eigenvalue weighted by Crippen LogP contribution is 2.40. The van der Waals surface area contributed by atoms with Gasteiger partial charge in [0, 0.05) is 58.9 Å². The number of carbonyl (C=O) groups is 2. The Bertz CT molecular complexity index is 1180. The van der Waals surface area contributed by atoms with Gasteiger partial charge >= 0.3 is 0 Å². The fourth-order valence-electron chi connectivity index (χ4n) is 6.33. The molecule has 0 aromatic heterocycles. The average Bonchev–Trinajstić information content (AvgIpc) is 3.60. The number of likely N-dealkylation sites (N-methyl/N-ethyl adjacent to an activating group) is 1. The molecule has 4 rings (SSSR count). The molecule has 1 aliphatic heterocycles. The van der Waals surface area contributed by atoms with Gasteiger partial charge in [-0.1, -0.05) is 30.7 Å². The highest BCUT2D eigenvalue weighted by molar-refractivity contribution is 5.76. The van der Waals surface area contributed by atoms with Crippen LogP contribution in [0.5, 0.6) is 11.5 Å². The number of aldehydes is 1. The summed E-state index contributed by atoms with van der Waals surface area (Å²) >= 11 is 0. The summed E-state index contributed by atoms with van der Waals surface area (Å²) < 4.78 is 11.3. The van der Waals surface area contributed by atoms with E-state index >= 15 is 0 Å². The molecule has 0 bridgehead atoms. The van der Waals surface area contributed by atoms with Crippen LogP contribution in [0.4, 0.5) is 5.69 Å². The molecular weight excluding hydrogens is 548 g/mol. The molecule has 10 nitrogen and oxygen atoms in total. The van der Waals surface area contributed by atoms with E-state index in [1.54, 1.807) is 25.1 Å². The number of rotatable bonds is 18. The molecule has 10 heteroatoms. The highest BCUT2D eigenvalue weighted by atomic mass is 16.5. The van der Waals surface area contributed by atoms with Crippen LogP contribution in [-0.2, 0) is 27.3 Å². The topological polar surface area (TPSA) is 124 Å². The number of phenols is 1. The number of benzene rings is 2. The monoisotopic (exact) mass is 596 g/mol. The summed E-state index contributed by atoms with van der Waals surface area (Å²) in [5.74, 6) is 2.01. The van der Waals surface area contributed by atoms with Crippen molar-refractivity contribution < 1.29 is 29.3 Å². The van der Waals surface area contributed by atoms with Crippen molar-refractivity contribution in [3.05, 3.63) is 53.1 Å². The maximum Gasteiger partial charge on any atom is 0.224 e. The summed E-state index contributed by atoms with van der Waals surface area (Å²) in [6.45, 7) is 5.44. The van der Waals surface area contributed by atoms with Crippen LogP contribution in [0.1, 0.15) is 48.5 Å². The van der Waals surface area contributed by atoms with Gasteiger partial charge in [-0.3, -0.25) is 14.5 Å². The van der Waals surface area contributed by atoms with E-state index in [1.807, 2.05) is 0 Å². The number of ether oxygens (including phenoxy) is 2. The van der Waals surface area contributed by atoms with Crippen LogP contribution in [0.2, 0.25) is 0 Å². The minimum Gasteiger partial charge on any atom is -0.506 e. The van der Waals surface area contributed by atoms with Crippen molar-refractivity contribution in [1.82, 2.24) is 15.1 Å². The van der Waals surface area contributed by atoms with Crippen LogP contribution in [0.3, 0.4) is 0 Å². The summed E-state index contributed by atoms with van der Waals surface area (Å²) in [5.41, 5.74) is 3.38. The number of hydrogen-bond donors (Lipinski definition) is 4. The smallest absolute Gasteiger partial charge is 0.224 e. The molecule has 1 amide bonds. The lowest BCUT2D eigenvalue weighted by atomic mass is 10.0. The van der Waals surface area contributed by atoms with Gasteiger partial charge in [0.15, 0.2) is 12.0 Å².